The van der Waals surface area contributed by atoms with E-state index in [1.165, 1.54) is 6.33 Å². The molecule has 0 aliphatic carbocycles. The molecule has 0 atom stereocenters. The molecule has 3 rings (SSSR count). The lowest BCUT2D eigenvalue weighted by molar-refractivity contribution is 0.0963. The Morgan fingerprint density at radius 3 is 2.62 bits per heavy atom. The van der Waals surface area contributed by atoms with Gasteiger partial charge in [0.1, 0.15) is 12.7 Å². The molecule has 0 aliphatic heterocycles. The van der Waals surface area contributed by atoms with E-state index in [4.69, 9.17) is 0 Å². The molecule has 0 fully saturated rings. The molecule has 150 valence electrons. The van der Waals surface area contributed by atoms with Crippen LogP contribution in [0.4, 0.5) is 0 Å². The summed E-state index contributed by atoms with van der Waals surface area (Å²) in [4.78, 5) is 20.0. The van der Waals surface area contributed by atoms with Crippen molar-refractivity contribution in [2.24, 2.45) is 4.99 Å². The monoisotopic (exact) mass is 391 g/mol. The zero-order valence-corrected chi connectivity index (χ0v) is 16.6. The molecule has 0 bridgehead atoms. The number of aromatic nitrogens is 3. The molecule has 0 spiro atoms. The van der Waals surface area contributed by atoms with E-state index in [2.05, 4.69) is 31.0 Å². The standard InChI is InChI=1S/C21H25N7O/c1-22-20(29)18-5-3-4-16(12-18)10-11-25-21(23-2)26-13-17-6-8-19(9-7-17)28-15-24-14-27-28/h3-9,12,14-15H,10-11,13H2,1-2H3,(H,22,29)(H2,23,25,26). The Morgan fingerprint density at radius 2 is 1.93 bits per heavy atom. The minimum atomic E-state index is -0.0767. The topological polar surface area (TPSA) is 96.2 Å². The van der Waals surface area contributed by atoms with Crippen LogP contribution in [0.15, 0.2) is 66.2 Å². The lowest BCUT2D eigenvalue weighted by Gasteiger charge is -2.12. The highest BCUT2D eigenvalue weighted by Gasteiger charge is 2.04. The Labute approximate surface area is 170 Å². The fourth-order valence-corrected chi connectivity index (χ4v) is 2.85. The van der Waals surface area contributed by atoms with Gasteiger partial charge in [-0.3, -0.25) is 9.79 Å². The zero-order chi connectivity index (χ0) is 20.5. The molecule has 2 aromatic carbocycles. The summed E-state index contributed by atoms with van der Waals surface area (Å²) in [6.07, 6.45) is 3.97. The number of aliphatic imine (C=N–C) groups is 1. The fraction of sp³-hybridized carbons (Fsp3) is 0.238. The van der Waals surface area contributed by atoms with E-state index < -0.39 is 0 Å². The molecule has 3 aromatic rings. The Morgan fingerprint density at radius 1 is 1.10 bits per heavy atom. The first kappa shape index (κ1) is 20.1. The summed E-state index contributed by atoms with van der Waals surface area (Å²) in [5, 5.41) is 13.4. The highest BCUT2D eigenvalue weighted by Crippen LogP contribution is 2.08. The summed E-state index contributed by atoms with van der Waals surface area (Å²) < 4.78 is 1.72. The molecule has 29 heavy (non-hydrogen) atoms. The van der Waals surface area contributed by atoms with Gasteiger partial charge in [0.2, 0.25) is 0 Å². The van der Waals surface area contributed by atoms with Gasteiger partial charge in [0.05, 0.1) is 5.69 Å². The van der Waals surface area contributed by atoms with Gasteiger partial charge in [0.15, 0.2) is 5.96 Å². The van der Waals surface area contributed by atoms with Gasteiger partial charge in [-0.1, -0.05) is 24.3 Å². The number of benzene rings is 2. The Hall–Kier alpha value is -3.68. The Balaban J connectivity index is 1.47. The van der Waals surface area contributed by atoms with Crippen LogP contribution in [0, 0.1) is 0 Å². The van der Waals surface area contributed by atoms with Crippen LogP contribution in [0.25, 0.3) is 5.69 Å². The van der Waals surface area contributed by atoms with Gasteiger partial charge in [0, 0.05) is 32.7 Å². The Bertz CT molecular complexity index is 949. The van der Waals surface area contributed by atoms with Crippen molar-refractivity contribution in [2.75, 3.05) is 20.6 Å². The third-order valence-electron chi connectivity index (χ3n) is 4.43. The molecule has 0 saturated carbocycles. The van der Waals surface area contributed by atoms with Crippen molar-refractivity contribution in [3.8, 4) is 5.69 Å². The minimum Gasteiger partial charge on any atom is -0.356 e. The molecular formula is C21H25N7O. The number of rotatable bonds is 7. The summed E-state index contributed by atoms with van der Waals surface area (Å²) in [7, 11) is 3.38. The number of guanidine groups is 1. The van der Waals surface area contributed by atoms with E-state index in [9.17, 15) is 4.79 Å². The quantitative estimate of drug-likeness (QED) is 0.419. The summed E-state index contributed by atoms with van der Waals surface area (Å²) in [6, 6.07) is 15.7. The number of hydrogen-bond acceptors (Lipinski definition) is 4. The highest BCUT2D eigenvalue weighted by atomic mass is 16.1. The summed E-state index contributed by atoms with van der Waals surface area (Å²) in [5.41, 5.74) is 3.86. The lowest BCUT2D eigenvalue weighted by atomic mass is 10.1. The smallest absolute Gasteiger partial charge is 0.251 e. The van der Waals surface area contributed by atoms with Gasteiger partial charge in [-0.25, -0.2) is 9.67 Å². The molecule has 0 unspecified atom stereocenters. The van der Waals surface area contributed by atoms with Gasteiger partial charge >= 0.3 is 0 Å². The first-order valence-corrected chi connectivity index (χ1v) is 9.39. The largest absolute Gasteiger partial charge is 0.356 e. The van der Waals surface area contributed by atoms with Crippen LogP contribution in [-0.4, -0.2) is 47.3 Å². The zero-order valence-electron chi connectivity index (χ0n) is 16.6. The van der Waals surface area contributed by atoms with Gasteiger partial charge in [-0.2, -0.15) is 5.10 Å². The second kappa shape index (κ2) is 10.0. The van der Waals surface area contributed by atoms with Crippen molar-refractivity contribution in [1.82, 2.24) is 30.7 Å². The van der Waals surface area contributed by atoms with E-state index >= 15 is 0 Å². The average Bonchev–Trinajstić information content (AvgIpc) is 3.31. The van der Waals surface area contributed by atoms with Crippen molar-refractivity contribution >= 4 is 11.9 Å². The van der Waals surface area contributed by atoms with Crippen molar-refractivity contribution in [1.29, 1.82) is 0 Å². The number of amides is 1. The molecule has 3 N–H and O–H groups in total. The number of hydrogen-bond donors (Lipinski definition) is 3. The molecule has 0 aliphatic rings. The fourth-order valence-electron chi connectivity index (χ4n) is 2.85. The van der Waals surface area contributed by atoms with Crippen LogP contribution >= 0.6 is 0 Å². The van der Waals surface area contributed by atoms with E-state index in [0.29, 0.717) is 18.7 Å². The summed E-state index contributed by atoms with van der Waals surface area (Å²) in [6.45, 7) is 1.37. The molecule has 8 heteroatoms. The predicted molar refractivity (Wildman–Crippen MR) is 113 cm³/mol. The van der Waals surface area contributed by atoms with E-state index in [0.717, 1.165) is 29.2 Å². The second-order valence-corrected chi connectivity index (χ2v) is 6.39. The van der Waals surface area contributed by atoms with Crippen molar-refractivity contribution in [2.45, 2.75) is 13.0 Å². The third-order valence-corrected chi connectivity index (χ3v) is 4.43. The number of nitrogens with zero attached hydrogens (tertiary/aromatic N) is 4. The first-order chi connectivity index (χ1) is 14.2. The minimum absolute atomic E-state index is 0.0767. The molecule has 8 nitrogen and oxygen atoms in total. The maximum Gasteiger partial charge on any atom is 0.251 e. The number of nitrogens with one attached hydrogen (secondary N) is 3. The maximum atomic E-state index is 11.7. The van der Waals surface area contributed by atoms with Crippen molar-refractivity contribution in [3.63, 3.8) is 0 Å². The van der Waals surface area contributed by atoms with Crippen LogP contribution < -0.4 is 16.0 Å². The van der Waals surface area contributed by atoms with Crippen LogP contribution in [0.2, 0.25) is 0 Å². The van der Waals surface area contributed by atoms with Gasteiger partial charge < -0.3 is 16.0 Å². The van der Waals surface area contributed by atoms with Crippen LogP contribution in [0.1, 0.15) is 21.5 Å². The second-order valence-electron chi connectivity index (χ2n) is 6.39. The first-order valence-electron chi connectivity index (χ1n) is 9.39. The predicted octanol–water partition coefficient (Wildman–Crippen LogP) is 1.53. The highest BCUT2D eigenvalue weighted by molar-refractivity contribution is 5.94. The lowest BCUT2D eigenvalue weighted by Crippen LogP contribution is -2.37. The third kappa shape index (κ3) is 5.65. The van der Waals surface area contributed by atoms with Crippen molar-refractivity contribution in [3.05, 3.63) is 77.9 Å². The molecule has 1 amide bonds. The molecule has 0 saturated heterocycles. The van der Waals surface area contributed by atoms with Crippen LogP contribution in [0.5, 0.6) is 0 Å². The van der Waals surface area contributed by atoms with E-state index in [1.54, 1.807) is 25.1 Å². The van der Waals surface area contributed by atoms with Gasteiger partial charge in [0.25, 0.3) is 5.91 Å². The molecule has 0 radical (unpaired) electrons. The Kier molecular flexibility index (Phi) is 6.94. The number of carbonyl (C=O) groups excluding carboxylic acids is 1. The van der Waals surface area contributed by atoms with E-state index in [-0.39, 0.29) is 5.91 Å². The maximum absolute atomic E-state index is 11.7. The van der Waals surface area contributed by atoms with Gasteiger partial charge in [-0.15, -0.1) is 0 Å². The van der Waals surface area contributed by atoms with Gasteiger partial charge in [-0.05, 0) is 41.8 Å². The van der Waals surface area contributed by atoms with Crippen LogP contribution in [0.3, 0.4) is 0 Å². The molecule has 1 aromatic heterocycles. The number of carbonyl (C=O) groups is 1. The summed E-state index contributed by atoms with van der Waals surface area (Å²) in [5.74, 6) is 0.653. The van der Waals surface area contributed by atoms with Crippen molar-refractivity contribution < 1.29 is 4.79 Å². The average molecular weight is 391 g/mol. The summed E-state index contributed by atoms with van der Waals surface area (Å²) >= 11 is 0. The van der Waals surface area contributed by atoms with E-state index in [1.807, 2.05) is 48.5 Å². The molecular weight excluding hydrogens is 366 g/mol. The normalized spacial score (nSPS) is 11.2. The van der Waals surface area contributed by atoms with Crippen LogP contribution in [-0.2, 0) is 13.0 Å². The molecule has 1 heterocycles. The SMILES string of the molecule is CN=C(NCCc1cccc(C(=O)NC)c1)NCc1ccc(-n2cncn2)cc1.